The van der Waals surface area contributed by atoms with Crippen molar-refractivity contribution >= 4 is 11.0 Å². The van der Waals surface area contributed by atoms with E-state index < -0.39 is 5.60 Å². The number of rotatable bonds is 5. The number of imidazole rings is 1. The number of aromatic nitrogens is 3. The fourth-order valence-corrected chi connectivity index (χ4v) is 4.04. The van der Waals surface area contributed by atoms with Crippen LogP contribution in [0, 0.1) is 13.8 Å². The lowest BCUT2D eigenvalue weighted by atomic mass is 9.85. The molecule has 0 bridgehead atoms. The Morgan fingerprint density at radius 3 is 2.32 bits per heavy atom. The average molecular weight is 384 g/mol. The summed E-state index contributed by atoms with van der Waals surface area (Å²) in [7, 11) is 2.08. The van der Waals surface area contributed by atoms with Crippen LogP contribution in [0.25, 0.3) is 22.2 Å². The number of hydrogen-bond donors (Lipinski definition) is 1. The van der Waals surface area contributed by atoms with Crippen molar-refractivity contribution in [1.29, 1.82) is 0 Å². The maximum Gasteiger partial charge on any atom is 0.141 e. The zero-order valence-electron chi connectivity index (χ0n) is 18.3. The van der Waals surface area contributed by atoms with Gasteiger partial charge in [0.15, 0.2) is 0 Å². The maximum absolute atomic E-state index is 11.3. The molecule has 2 heterocycles. The quantitative estimate of drug-likeness (QED) is 0.609. The third-order valence-corrected chi connectivity index (χ3v) is 5.96. The van der Waals surface area contributed by atoms with E-state index in [1.165, 1.54) is 12.8 Å². The van der Waals surface area contributed by atoms with Gasteiger partial charge in [-0.1, -0.05) is 32.9 Å². The van der Waals surface area contributed by atoms with Crippen LogP contribution in [0.3, 0.4) is 0 Å². The molecule has 1 N–H and O–H groups in total. The van der Waals surface area contributed by atoms with Crippen LogP contribution in [0.5, 0.6) is 0 Å². The lowest BCUT2D eigenvalue weighted by molar-refractivity contribution is 0.0297. The molecule has 0 saturated heterocycles. The molecule has 4 rings (SSSR count). The van der Waals surface area contributed by atoms with Crippen molar-refractivity contribution in [2.24, 2.45) is 7.05 Å². The molecule has 0 atom stereocenters. The molecule has 0 amide bonds. The van der Waals surface area contributed by atoms with Crippen LogP contribution in [0.1, 0.15) is 82.1 Å². The first-order valence-corrected chi connectivity index (χ1v) is 10.6. The van der Waals surface area contributed by atoms with Crippen LogP contribution in [0.2, 0.25) is 0 Å². The van der Waals surface area contributed by atoms with Crippen molar-refractivity contribution in [1.82, 2.24) is 14.7 Å². The van der Waals surface area contributed by atoms with Crippen LogP contribution in [0.15, 0.2) is 16.7 Å². The zero-order chi connectivity index (χ0) is 20.6. The maximum atomic E-state index is 11.3. The highest BCUT2D eigenvalue weighted by molar-refractivity contribution is 5.87. The van der Waals surface area contributed by atoms with Gasteiger partial charge in [-0.3, -0.25) is 0 Å². The summed E-state index contributed by atoms with van der Waals surface area (Å²) in [5.41, 5.74) is 4.94. The highest BCUT2D eigenvalue weighted by Gasteiger charge is 2.33. The summed E-state index contributed by atoms with van der Waals surface area (Å²) < 4.78 is 7.59. The normalized spacial score (nSPS) is 14.3. The van der Waals surface area contributed by atoms with E-state index in [-0.39, 0.29) is 0 Å². The molecular weight excluding hydrogens is 350 g/mol. The fraction of sp³-hybridized carbons (Fsp3) is 0.565. The highest BCUT2D eigenvalue weighted by atomic mass is 16.5. The number of benzene rings is 1. The van der Waals surface area contributed by atoms with Crippen molar-refractivity contribution in [2.45, 2.75) is 78.7 Å². The summed E-state index contributed by atoms with van der Waals surface area (Å²) in [6, 6.07) is 4.25. The first-order chi connectivity index (χ1) is 13.4. The molecule has 1 aliphatic rings. The van der Waals surface area contributed by atoms with Gasteiger partial charge < -0.3 is 14.2 Å². The Morgan fingerprint density at radius 2 is 1.82 bits per heavy atom. The van der Waals surface area contributed by atoms with Gasteiger partial charge in [-0.15, -0.1) is 0 Å². The van der Waals surface area contributed by atoms with Gasteiger partial charge in [0, 0.05) is 24.1 Å². The molecule has 1 aromatic carbocycles. The van der Waals surface area contributed by atoms with Crippen molar-refractivity contribution in [3.05, 3.63) is 35.0 Å². The van der Waals surface area contributed by atoms with Gasteiger partial charge >= 0.3 is 0 Å². The second-order valence-corrected chi connectivity index (χ2v) is 7.63. The Bertz CT molecular complexity index is 956. The molecule has 3 aromatic rings. The highest BCUT2D eigenvalue weighted by Crippen LogP contribution is 2.43. The molecule has 0 spiro atoms. The molecule has 1 aliphatic carbocycles. The van der Waals surface area contributed by atoms with E-state index in [0.717, 1.165) is 45.0 Å². The van der Waals surface area contributed by atoms with Gasteiger partial charge in [-0.2, -0.15) is 0 Å². The van der Waals surface area contributed by atoms with Gasteiger partial charge in [-0.25, -0.2) is 4.98 Å². The zero-order valence-corrected chi connectivity index (χ0v) is 18.3. The SMILES string of the molecule is CC.CCC(O)(CC)c1cc(-c2c(C)noc2C)cc2c1nc(C1CC1)n2C. The summed E-state index contributed by atoms with van der Waals surface area (Å²) in [4.78, 5) is 4.97. The van der Waals surface area contributed by atoms with Crippen LogP contribution >= 0.6 is 0 Å². The third kappa shape index (κ3) is 3.26. The minimum atomic E-state index is -0.886. The average Bonchev–Trinajstić information content (AvgIpc) is 3.43. The molecule has 5 heteroatoms. The summed E-state index contributed by atoms with van der Waals surface area (Å²) in [6.45, 7) is 12.0. The molecule has 2 aromatic heterocycles. The molecule has 152 valence electrons. The minimum absolute atomic E-state index is 0.555. The molecule has 0 radical (unpaired) electrons. The Labute approximate surface area is 167 Å². The third-order valence-electron chi connectivity index (χ3n) is 5.96. The predicted octanol–water partition coefficient (Wildman–Crippen LogP) is 5.76. The molecule has 28 heavy (non-hydrogen) atoms. The van der Waals surface area contributed by atoms with Crippen molar-refractivity contribution in [2.75, 3.05) is 0 Å². The predicted molar refractivity (Wildman–Crippen MR) is 113 cm³/mol. The van der Waals surface area contributed by atoms with E-state index >= 15 is 0 Å². The monoisotopic (exact) mass is 383 g/mol. The van der Waals surface area contributed by atoms with Crippen LogP contribution in [0.4, 0.5) is 0 Å². The van der Waals surface area contributed by atoms with Crippen molar-refractivity contribution < 1.29 is 9.63 Å². The molecule has 0 aliphatic heterocycles. The number of fused-ring (bicyclic) bond motifs is 1. The number of aryl methyl sites for hydroxylation is 3. The Kier molecular flexibility index (Phi) is 5.67. The largest absolute Gasteiger partial charge is 0.385 e. The van der Waals surface area contributed by atoms with Gasteiger partial charge in [0.2, 0.25) is 0 Å². The first kappa shape index (κ1) is 20.6. The molecule has 5 nitrogen and oxygen atoms in total. The van der Waals surface area contributed by atoms with Gasteiger partial charge in [0.05, 0.1) is 22.3 Å². The fourth-order valence-electron chi connectivity index (χ4n) is 4.04. The second kappa shape index (κ2) is 7.70. The first-order valence-electron chi connectivity index (χ1n) is 10.6. The van der Waals surface area contributed by atoms with E-state index in [9.17, 15) is 5.11 Å². The van der Waals surface area contributed by atoms with E-state index in [2.05, 4.69) is 28.9 Å². The van der Waals surface area contributed by atoms with Crippen LogP contribution in [-0.4, -0.2) is 19.8 Å². The Balaban J connectivity index is 0.00000109. The Morgan fingerprint density at radius 1 is 1.18 bits per heavy atom. The molecule has 0 unspecified atom stereocenters. The summed E-state index contributed by atoms with van der Waals surface area (Å²) in [5.74, 6) is 2.49. The number of nitrogens with zero attached hydrogens (tertiary/aromatic N) is 3. The van der Waals surface area contributed by atoms with E-state index in [1.807, 2.05) is 41.5 Å². The van der Waals surface area contributed by atoms with Gasteiger partial charge in [-0.05, 0) is 57.2 Å². The topological polar surface area (TPSA) is 64.1 Å². The lowest BCUT2D eigenvalue weighted by Gasteiger charge is -2.26. The minimum Gasteiger partial charge on any atom is -0.385 e. The van der Waals surface area contributed by atoms with E-state index in [0.29, 0.717) is 18.8 Å². The van der Waals surface area contributed by atoms with E-state index in [1.54, 1.807) is 0 Å². The molecule has 1 fully saturated rings. The number of aliphatic hydroxyl groups is 1. The number of hydrogen-bond acceptors (Lipinski definition) is 4. The van der Waals surface area contributed by atoms with Gasteiger partial charge in [0.1, 0.15) is 11.6 Å². The summed E-state index contributed by atoms with van der Waals surface area (Å²) >= 11 is 0. The van der Waals surface area contributed by atoms with Crippen LogP contribution in [-0.2, 0) is 12.6 Å². The Hall–Kier alpha value is -2.14. The molecule has 1 saturated carbocycles. The van der Waals surface area contributed by atoms with Crippen LogP contribution < -0.4 is 0 Å². The second-order valence-electron chi connectivity index (χ2n) is 7.63. The standard InChI is InChI=1S/C21H27N3O2.C2H6/c1-6-21(25,7-2)16-10-15(18-12(3)23-26-13(18)4)11-17-19(16)22-20(24(17)5)14-8-9-14;1-2/h10-11,14,25H,6-9H2,1-5H3;1-2H3. The van der Waals surface area contributed by atoms with Gasteiger partial charge in [0.25, 0.3) is 0 Å². The van der Waals surface area contributed by atoms with E-state index in [4.69, 9.17) is 9.51 Å². The lowest BCUT2D eigenvalue weighted by Crippen LogP contribution is -2.24. The van der Waals surface area contributed by atoms with Crippen molar-refractivity contribution in [3.8, 4) is 11.1 Å². The molecular formula is C23H33N3O2. The summed E-state index contributed by atoms with van der Waals surface area (Å²) in [5, 5.41) is 15.4. The smallest absolute Gasteiger partial charge is 0.141 e. The summed E-state index contributed by atoms with van der Waals surface area (Å²) in [6.07, 6.45) is 3.71. The van der Waals surface area contributed by atoms with Crippen molar-refractivity contribution in [3.63, 3.8) is 0 Å².